The van der Waals surface area contributed by atoms with Crippen LogP contribution in [0.25, 0.3) is 0 Å². The molecule has 2 aromatic carbocycles. The molecule has 1 aliphatic heterocycles. The molecule has 26 heavy (non-hydrogen) atoms. The number of anilines is 1. The van der Waals surface area contributed by atoms with Crippen LogP contribution in [-0.4, -0.2) is 29.2 Å². The van der Waals surface area contributed by atoms with Crippen molar-refractivity contribution in [2.75, 3.05) is 11.9 Å². The van der Waals surface area contributed by atoms with Gasteiger partial charge in [0.25, 0.3) is 0 Å². The molecule has 1 saturated heterocycles. The first-order valence-electron chi connectivity index (χ1n) is 8.52. The van der Waals surface area contributed by atoms with Crippen LogP contribution < -0.4 is 10.1 Å². The number of likely N-dealkylation sites (tertiary alicyclic amines) is 1. The van der Waals surface area contributed by atoms with Crippen molar-refractivity contribution in [1.29, 1.82) is 0 Å². The summed E-state index contributed by atoms with van der Waals surface area (Å²) in [6.07, 6.45) is 0.547. The van der Waals surface area contributed by atoms with Crippen molar-refractivity contribution in [1.82, 2.24) is 4.90 Å². The number of amides is 3. The zero-order valence-electron chi connectivity index (χ0n) is 14.3. The molecule has 0 atom stereocenters. The Hall–Kier alpha value is -3.15. The second kappa shape index (κ2) is 8.29. The van der Waals surface area contributed by atoms with Gasteiger partial charge in [0, 0.05) is 37.1 Å². The van der Waals surface area contributed by atoms with Crippen LogP contribution in [0.4, 0.5) is 5.69 Å². The Morgan fingerprint density at radius 2 is 1.62 bits per heavy atom. The summed E-state index contributed by atoms with van der Waals surface area (Å²) < 4.78 is 5.73. The van der Waals surface area contributed by atoms with Crippen molar-refractivity contribution < 1.29 is 19.1 Å². The molecule has 6 heteroatoms. The fraction of sp³-hybridized carbons (Fsp3) is 0.250. The number of carbonyl (C=O) groups is 3. The fourth-order valence-corrected chi connectivity index (χ4v) is 2.74. The van der Waals surface area contributed by atoms with E-state index in [0.717, 1.165) is 16.2 Å². The molecule has 2 aromatic rings. The van der Waals surface area contributed by atoms with E-state index in [9.17, 15) is 14.4 Å². The first-order valence-corrected chi connectivity index (χ1v) is 8.52. The number of hydrogen-bond acceptors (Lipinski definition) is 4. The van der Waals surface area contributed by atoms with E-state index < -0.39 is 0 Å². The Morgan fingerprint density at radius 1 is 0.962 bits per heavy atom. The van der Waals surface area contributed by atoms with Gasteiger partial charge in [-0.25, -0.2) is 0 Å². The smallest absolute Gasteiger partial charge is 0.229 e. The van der Waals surface area contributed by atoms with E-state index in [1.165, 1.54) is 0 Å². The van der Waals surface area contributed by atoms with Gasteiger partial charge >= 0.3 is 0 Å². The van der Waals surface area contributed by atoms with E-state index in [0.29, 0.717) is 12.3 Å². The van der Waals surface area contributed by atoms with E-state index in [-0.39, 0.29) is 43.5 Å². The summed E-state index contributed by atoms with van der Waals surface area (Å²) in [5.41, 5.74) is 1.51. The molecule has 3 amide bonds. The SMILES string of the molecule is O=C(CCN1C(=O)CCC1=O)Nc1ccccc1COc1ccccc1. The number of ether oxygens (including phenoxy) is 1. The van der Waals surface area contributed by atoms with Crippen molar-refractivity contribution in [3.8, 4) is 5.75 Å². The number of imide groups is 1. The lowest BCUT2D eigenvalue weighted by Crippen LogP contribution is -2.32. The molecular formula is C20H20N2O4. The zero-order chi connectivity index (χ0) is 18.4. The number of nitrogens with one attached hydrogen (secondary N) is 1. The van der Waals surface area contributed by atoms with Crippen molar-refractivity contribution in [2.24, 2.45) is 0 Å². The first kappa shape index (κ1) is 17.7. The van der Waals surface area contributed by atoms with E-state index in [2.05, 4.69) is 5.32 Å². The Morgan fingerprint density at radius 3 is 2.35 bits per heavy atom. The van der Waals surface area contributed by atoms with E-state index in [1.807, 2.05) is 48.5 Å². The summed E-state index contributed by atoms with van der Waals surface area (Å²) in [4.78, 5) is 36.5. The normalized spacial score (nSPS) is 13.8. The van der Waals surface area contributed by atoms with Gasteiger partial charge in [-0.3, -0.25) is 19.3 Å². The largest absolute Gasteiger partial charge is 0.489 e. The van der Waals surface area contributed by atoms with Crippen molar-refractivity contribution >= 4 is 23.4 Å². The summed E-state index contributed by atoms with van der Waals surface area (Å²) in [6, 6.07) is 16.8. The Labute approximate surface area is 151 Å². The minimum atomic E-state index is -0.246. The average molecular weight is 352 g/mol. The molecule has 1 heterocycles. The van der Waals surface area contributed by atoms with E-state index in [4.69, 9.17) is 4.74 Å². The minimum Gasteiger partial charge on any atom is -0.489 e. The number of hydrogen-bond donors (Lipinski definition) is 1. The molecule has 0 radical (unpaired) electrons. The van der Waals surface area contributed by atoms with Gasteiger partial charge in [0.05, 0.1) is 0 Å². The highest BCUT2D eigenvalue weighted by Gasteiger charge is 2.28. The molecule has 1 aliphatic rings. The predicted molar refractivity (Wildman–Crippen MR) is 96.4 cm³/mol. The van der Waals surface area contributed by atoms with Gasteiger partial charge in [0.2, 0.25) is 17.7 Å². The highest BCUT2D eigenvalue weighted by molar-refractivity contribution is 6.02. The lowest BCUT2D eigenvalue weighted by Gasteiger charge is -2.15. The number of carbonyl (C=O) groups excluding carboxylic acids is 3. The summed E-state index contributed by atoms with van der Waals surface area (Å²) >= 11 is 0. The van der Waals surface area contributed by atoms with Crippen LogP contribution >= 0.6 is 0 Å². The molecule has 6 nitrogen and oxygen atoms in total. The van der Waals surface area contributed by atoms with Crippen LogP contribution in [0.3, 0.4) is 0 Å². The van der Waals surface area contributed by atoms with Crippen molar-refractivity contribution in [3.05, 3.63) is 60.2 Å². The van der Waals surface area contributed by atoms with Gasteiger partial charge in [0.15, 0.2) is 0 Å². The summed E-state index contributed by atoms with van der Waals surface area (Å²) in [6.45, 7) is 0.440. The summed E-state index contributed by atoms with van der Waals surface area (Å²) in [5, 5.41) is 2.83. The lowest BCUT2D eigenvalue weighted by atomic mass is 10.2. The maximum absolute atomic E-state index is 12.2. The topological polar surface area (TPSA) is 75.7 Å². The second-order valence-corrected chi connectivity index (χ2v) is 6.00. The number of nitrogens with zero attached hydrogens (tertiary/aromatic N) is 1. The van der Waals surface area contributed by atoms with E-state index >= 15 is 0 Å². The molecule has 3 rings (SSSR count). The molecule has 134 valence electrons. The van der Waals surface area contributed by atoms with Crippen LogP contribution in [0.5, 0.6) is 5.75 Å². The van der Waals surface area contributed by atoms with Gasteiger partial charge in [-0.2, -0.15) is 0 Å². The molecule has 1 N–H and O–H groups in total. The van der Waals surface area contributed by atoms with Gasteiger partial charge in [-0.05, 0) is 18.2 Å². The lowest BCUT2D eigenvalue weighted by molar-refractivity contribution is -0.138. The van der Waals surface area contributed by atoms with Crippen LogP contribution in [0, 0.1) is 0 Å². The predicted octanol–water partition coefficient (Wildman–Crippen LogP) is 2.74. The fourth-order valence-electron chi connectivity index (χ4n) is 2.74. The Kier molecular flexibility index (Phi) is 5.63. The van der Waals surface area contributed by atoms with E-state index in [1.54, 1.807) is 6.07 Å². The quantitative estimate of drug-likeness (QED) is 0.778. The monoisotopic (exact) mass is 352 g/mol. The standard InChI is InChI=1S/C20H20N2O4/c23-18(12-13-22-19(24)10-11-20(22)25)21-17-9-5-4-6-15(17)14-26-16-7-2-1-3-8-16/h1-9H,10-14H2,(H,21,23). The van der Waals surface area contributed by atoms with Crippen LogP contribution in [0.1, 0.15) is 24.8 Å². The minimum absolute atomic E-state index is 0.0748. The zero-order valence-corrected chi connectivity index (χ0v) is 14.3. The number of para-hydroxylation sites is 2. The molecular weight excluding hydrogens is 332 g/mol. The van der Waals surface area contributed by atoms with Gasteiger partial charge in [-0.15, -0.1) is 0 Å². The highest BCUT2D eigenvalue weighted by Crippen LogP contribution is 2.19. The molecule has 0 unspecified atom stereocenters. The van der Waals surface area contributed by atoms with Crippen molar-refractivity contribution in [3.63, 3.8) is 0 Å². The average Bonchev–Trinajstić information content (AvgIpc) is 2.98. The molecule has 0 aliphatic carbocycles. The van der Waals surface area contributed by atoms with Gasteiger partial charge < -0.3 is 10.1 Å². The third-order valence-corrected chi connectivity index (χ3v) is 4.15. The number of rotatable bonds is 7. The molecule has 0 spiro atoms. The third kappa shape index (κ3) is 4.47. The third-order valence-electron chi connectivity index (χ3n) is 4.15. The highest BCUT2D eigenvalue weighted by atomic mass is 16.5. The maximum Gasteiger partial charge on any atom is 0.229 e. The van der Waals surface area contributed by atoms with Crippen LogP contribution in [-0.2, 0) is 21.0 Å². The first-order chi connectivity index (χ1) is 12.6. The van der Waals surface area contributed by atoms with Gasteiger partial charge in [0.1, 0.15) is 12.4 Å². The molecule has 0 bridgehead atoms. The molecule has 1 fully saturated rings. The summed E-state index contributed by atoms with van der Waals surface area (Å²) in [5.74, 6) is 0.0864. The van der Waals surface area contributed by atoms with Crippen LogP contribution in [0.15, 0.2) is 54.6 Å². The molecule has 0 aromatic heterocycles. The van der Waals surface area contributed by atoms with Crippen LogP contribution in [0.2, 0.25) is 0 Å². The summed E-state index contributed by atoms with van der Waals surface area (Å²) in [7, 11) is 0. The number of benzene rings is 2. The Balaban J connectivity index is 1.56. The Bertz CT molecular complexity index is 788. The molecule has 0 saturated carbocycles. The van der Waals surface area contributed by atoms with Gasteiger partial charge in [-0.1, -0.05) is 36.4 Å². The maximum atomic E-state index is 12.2. The second-order valence-electron chi connectivity index (χ2n) is 6.00. The van der Waals surface area contributed by atoms with Crippen molar-refractivity contribution in [2.45, 2.75) is 25.9 Å².